The van der Waals surface area contributed by atoms with Gasteiger partial charge in [0.2, 0.25) is 0 Å². The standard InChI is InChI=1S/C14H22N4O/c1-3-18(14(19)13-8-17(2)9-15-13)12-6-10-4-5-11(7-12)16-10/h8-12,16H,3-7H2,1-2H3. The summed E-state index contributed by atoms with van der Waals surface area (Å²) in [5.74, 6) is 0.0781. The SMILES string of the molecule is CCN(C(=O)c1cn(C)cn1)C1CC2CCC(C1)N2. The summed E-state index contributed by atoms with van der Waals surface area (Å²) >= 11 is 0. The Kier molecular flexibility index (Phi) is 3.31. The number of aromatic nitrogens is 2. The summed E-state index contributed by atoms with van der Waals surface area (Å²) < 4.78 is 1.83. The number of carbonyl (C=O) groups excluding carboxylic acids is 1. The lowest BCUT2D eigenvalue weighted by Crippen LogP contribution is -2.50. The number of fused-ring (bicyclic) bond motifs is 2. The van der Waals surface area contributed by atoms with Crippen LogP contribution in [0.25, 0.3) is 0 Å². The summed E-state index contributed by atoms with van der Waals surface area (Å²) in [6.07, 6.45) is 8.19. The van der Waals surface area contributed by atoms with Crippen molar-refractivity contribution in [2.24, 2.45) is 7.05 Å². The summed E-state index contributed by atoms with van der Waals surface area (Å²) in [5, 5.41) is 3.62. The zero-order valence-electron chi connectivity index (χ0n) is 11.7. The highest BCUT2D eigenvalue weighted by atomic mass is 16.2. The summed E-state index contributed by atoms with van der Waals surface area (Å²) in [4.78, 5) is 18.7. The first-order valence-electron chi connectivity index (χ1n) is 7.22. The Hall–Kier alpha value is -1.36. The van der Waals surface area contributed by atoms with Crippen LogP contribution < -0.4 is 5.32 Å². The number of amides is 1. The van der Waals surface area contributed by atoms with Gasteiger partial charge in [0.1, 0.15) is 5.69 Å². The molecular formula is C14H22N4O. The molecule has 0 spiro atoms. The molecule has 5 nitrogen and oxygen atoms in total. The van der Waals surface area contributed by atoms with Gasteiger partial charge < -0.3 is 14.8 Å². The minimum atomic E-state index is 0.0781. The fourth-order valence-electron chi connectivity index (χ4n) is 3.52. The second-order valence-corrected chi connectivity index (χ2v) is 5.78. The number of hydrogen-bond donors (Lipinski definition) is 1. The van der Waals surface area contributed by atoms with E-state index in [1.807, 2.05) is 16.5 Å². The van der Waals surface area contributed by atoms with Crippen molar-refractivity contribution in [3.8, 4) is 0 Å². The molecule has 1 amide bonds. The molecule has 0 saturated carbocycles. The van der Waals surface area contributed by atoms with Crippen molar-refractivity contribution < 1.29 is 4.79 Å². The normalized spacial score (nSPS) is 29.5. The fourth-order valence-corrected chi connectivity index (χ4v) is 3.52. The van der Waals surface area contributed by atoms with Gasteiger partial charge in [-0.1, -0.05) is 0 Å². The number of imidazole rings is 1. The molecule has 2 aliphatic heterocycles. The van der Waals surface area contributed by atoms with Gasteiger partial charge in [-0.2, -0.15) is 0 Å². The number of nitrogens with zero attached hydrogens (tertiary/aromatic N) is 3. The van der Waals surface area contributed by atoms with Crippen LogP contribution in [0.3, 0.4) is 0 Å². The van der Waals surface area contributed by atoms with E-state index in [9.17, 15) is 4.79 Å². The summed E-state index contributed by atoms with van der Waals surface area (Å²) in [5.41, 5.74) is 0.565. The van der Waals surface area contributed by atoms with Gasteiger partial charge in [-0.15, -0.1) is 0 Å². The van der Waals surface area contributed by atoms with Crippen molar-refractivity contribution in [3.05, 3.63) is 18.2 Å². The average Bonchev–Trinajstić information content (AvgIpc) is 2.97. The summed E-state index contributed by atoms with van der Waals surface area (Å²) in [6.45, 7) is 2.82. The fraction of sp³-hybridized carbons (Fsp3) is 0.714. The first-order chi connectivity index (χ1) is 9.17. The highest BCUT2D eigenvalue weighted by molar-refractivity contribution is 5.92. The van der Waals surface area contributed by atoms with Crippen LogP contribution in [0.1, 0.15) is 43.1 Å². The molecule has 0 radical (unpaired) electrons. The van der Waals surface area contributed by atoms with Crippen molar-refractivity contribution in [2.45, 2.75) is 50.7 Å². The Labute approximate surface area is 114 Å². The first-order valence-corrected chi connectivity index (χ1v) is 7.22. The molecule has 3 rings (SSSR count). The number of hydrogen-bond acceptors (Lipinski definition) is 3. The predicted molar refractivity (Wildman–Crippen MR) is 72.9 cm³/mol. The van der Waals surface area contributed by atoms with Crippen LogP contribution in [0.4, 0.5) is 0 Å². The van der Waals surface area contributed by atoms with Gasteiger partial charge in [0, 0.05) is 37.9 Å². The monoisotopic (exact) mass is 262 g/mol. The van der Waals surface area contributed by atoms with Crippen LogP contribution in [-0.4, -0.2) is 45.0 Å². The smallest absolute Gasteiger partial charge is 0.274 e. The van der Waals surface area contributed by atoms with Crippen LogP contribution in [0.15, 0.2) is 12.5 Å². The van der Waals surface area contributed by atoms with E-state index in [0.29, 0.717) is 23.8 Å². The van der Waals surface area contributed by atoms with Crippen LogP contribution in [0, 0.1) is 0 Å². The van der Waals surface area contributed by atoms with Gasteiger partial charge in [0.05, 0.1) is 6.33 Å². The van der Waals surface area contributed by atoms with Crippen LogP contribution in [0.5, 0.6) is 0 Å². The van der Waals surface area contributed by atoms with Gasteiger partial charge in [-0.3, -0.25) is 4.79 Å². The molecular weight excluding hydrogens is 240 g/mol. The quantitative estimate of drug-likeness (QED) is 0.889. The third kappa shape index (κ3) is 2.39. The Balaban J connectivity index is 1.75. The van der Waals surface area contributed by atoms with E-state index < -0.39 is 0 Å². The average molecular weight is 262 g/mol. The topological polar surface area (TPSA) is 50.2 Å². The molecule has 2 bridgehead atoms. The Morgan fingerprint density at radius 3 is 2.68 bits per heavy atom. The van der Waals surface area contributed by atoms with Gasteiger partial charge >= 0.3 is 0 Å². The van der Waals surface area contributed by atoms with Crippen molar-refractivity contribution in [1.82, 2.24) is 19.8 Å². The van der Waals surface area contributed by atoms with Gasteiger partial charge in [0.25, 0.3) is 5.91 Å². The maximum absolute atomic E-state index is 12.6. The van der Waals surface area contributed by atoms with Crippen LogP contribution >= 0.6 is 0 Å². The molecule has 1 aromatic heterocycles. The molecule has 2 saturated heterocycles. The van der Waals surface area contributed by atoms with Crippen molar-refractivity contribution in [3.63, 3.8) is 0 Å². The van der Waals surface area contributed by atoms with Crippen LogP contribution in [-0.2, 0) is 7.05 Å². The Bertz CT molecular complexity index is 458. The summed E-state index contributed by atoms with van der Waals surface area (Å²) in [7, 11) is 1.89. The largest absolute Gasteiger partial charge is 0.340 e. The number of aryl methyl sites for hydroxylation is 1. The van der Waals surface area contributed by atoms with E-state index in [1.165, 1.54) is 12.8 Å². The van der Waals surface area contributed by atoms with Gasteiger partial charge in [0.15, 0.2) is 0 Å². The van der Waals surface area contributed by atoms with Crippen molar-refractivity contribution >= 4 is 5.91 Å². The Morgan fingerprint density at radius 2 is 2.16 bits per heavy atom. The van der Waals surface area contributed by atoms with Crippen molar-refractivity contribution in [1.29, 1.82) is 0 Å². The second-order valence-electron chi connectivity index (χ2n) is 5.78. The van der Waals surface area contributed by atoms with Gasteiger partial charge in [-0.05, 0) is 32.6 Å². The minimum absolute atomic E-state index is 0.0781. The van der Waals surface area contributed by atoms with E-state index in [-0.39, 0.29) is 5.91 Å². The molecule has 2 aliphatic rings. The van der Waals surface area contributed by atoms with E-state index in [0.717, 1.165) is 19.4 Å². The molecule has 2 fully saturated rings. The van der Waals surface area contributed by atoms with Gasteiger partial charge in [-0.25, -0.2) is 4.98 Å². The molecule has 5 heteroatoms. The molecule has 1 aromatic rings. The molecule has 2 atom stereocenters. The lowest BCUT2D eigenvalue weighted by atomic mass is 9.98. The van der Waals surface area contributed by atoms with E-state index in [1.54, 1.807) is 12.5 Å². The number of rotatable bonds is 3. The molecule has 2 unspecified atom stereocenters. The molecule has 0 aromatic carbocycles. The second kappa shape index (κ2) is 4.96. The van der Waals surface area contributed by atoms with Crippen LogP contribution in [0.2, 0.25) is 0 Å². The zero-order chi connectivity index (χ0) is 13.4. The lowest BCUT2D eigenvalue weighted by molar-refractivity contribution is 0.0625. The zero-order valence-corrected chi connectivity index (χ0v) is 11.7. The number of nitrogens with one attached hydrogen (secondary N) is 1. The third-order valence-electron chi connectivity index (χ3n) is 4.41. The maximum Gasteiger partial charge on any atom is 0.274 e. The molecule has 3 heterocycles. The molecule has 0 aliphatic carbocycles. The minimum Gasteiger partial charge on any atom is -0.340 e. The van der Waals surface area contributed by atoms with E-state index >= 15 is 0 Å². The number of carbonyl (C=O) groups is 1. The highest BCUT2D eigenvalue weighted by Crippen LogP contribution is 2.30. The lowest BCUT2D eigenvalue weighted by Gasteiger charge is -2.37. The third-order valence-corrected chi connectivity index (χ3v) is 4.41. The van der Waals surface area contributed by atoms with Crippen molar-refractivity contribution in [2.75, 3.05) is 6.54 Å². The molecule has 104 valence electrons. The van der Waals surface area contributed by atoms with E-state index in [2.05, 4.69) is 17.2 Å². The van der Waals surface area contributed by atoms with E-state index in [4.69, 9.17) is 0 Å². The summed E-state index contributed by atoms with van der Waals surface area (Å²) in [6, 6.07) is 1.59. The maximum atomic E-state index is 12.6. The molecule has 19 heavy (non-hydrogen) atoms. The highest BCUT2D eigenvalue weighted by Gasteiger charge is 2.37. The number of piperidine rings is 1. The molecule has 1 N–H and O–H groups in total. The first kappa shape index (κ1) is 12.7. The predicted octanol–water partition coefficient (Wildman–Crippen LogP) is 1.17. The Morgan fingerprint density at radius 1 is 1.47 bits per heavy atom.